The van der Waals surface area contributed by atoms with Crippen molar-refractivity contribution in [1.82, 2.24) is 15.2 Å². The second kappa shape index (κ2) is 12.0. The van der Waals surface area contributed by atoms with E-state index in [0.29, 0.717) is 12.3 Å². The molecule has 6 heteroatoms. The van der Waals surface area contributed by atoms with E-state index in [1.807, 2.05) is 0 Å². The molecular weight excluding hydrogens is 418 g/mol. The van der Waals surface area contributed by atoms with Gasteiger partial charge in [-0.1, -0.05) is 50.8 Å². The number of rotatable bonds is 12. The lowest BCUT2D eigenvalue weighted by molar-refractivity contribution is -0.127. The molecule has 0 aliphatic rings. The van der Waals surface area contributed by atoms with E-state index >= 15 is 0 Å². The molecule has 1 heterocycles. The molecule has 0 aliphatic carbocycles. The SMILES string of the molecule is CCCCCCCNC(=O)C(CSc1ccc2c(c1)c1ccccc1n2CC)NC(C)=O. The van der Waals surface area contributed by atoms with Gasteiger partial charge in [-0.05, 0) is 37.6 Å². The molecule has 3 rings (SSSR count). The Balaban J connectivity index is 1.67. The van der Waals surface area contributed by atoms with Crippen molar-refractivity contribution in [3.05, 3.63) is 42.5 Å². The smallest absolute Gasteiger partial charge is 0.243 e. The van der Waals surface area contributed by atoms with Gasteiger partial charge < -0.3 is 15.2 Å². The summed E-state index contributed by atoms with van der Waals surface area (Å²) in [6.45, 7) is 7.39. The number of para-hydroxylation sites is 1. The first-order valence-electron chi connectivity index (χ1n) is 11.7. The van der Waals surface area contributed by atoms with Gasteiger partial charge in [-0.3, -0.25) is 9.59 Å². The highest BCUT2D eigenvalue weighted by Crippen LogP contribution is 2.32. The molecule has 1 unspecified atom stereocenters. The molecule has 0 saturated carbocycles. The van der Waals surface area contributed by atoms with Crippen molar-refractivity contribution in [1.29, 1.82) is 0 Å². The molecule has 0 fully saturated rings. The zero-order valence-electron chi connectivity index (χ0n) is 19.4. The maximum Gasteiger partial charge on any atom is 0.243 e. The normalized spacial score (nSPS) is 12.2. The molecule has 0 radical (unpaired) electrons. The van der Waals surface area contributed by atoms with E-state index in [9.17, 15) is 9.59 Å². The van der Waals surface area contributed by atoms with Crippen LogP contribution in [0.5, 0.6) is 0 Å². The van der Waals surface area contributed by atoms with Gasteiger partial charge in [0.15, 0.2) is 0 Å². The van der Waals surface area contributed by atoms with Gasteiger partial charge in [-0.25, -0.2) is 0 Å². The molecule has 1 aromatic heterocycles. The molecule has 172 valence electrons. The fourth-order valence-corrected chi connectivity index (χ4v) is 5.09. The summed E-state index contributed by atoms with van der Waals surface area (Å²) >= 11 is 1.60. The first-order valence-corrected chi connectivity index (χ1v) is 12.7. The lowest BCUT2D eigenvalue weighted by Crippen LogP contribution is -2.47. The van der Waals surface area contributed by atoms with E-state index in [-0.39, 0.29) is 11.8 Å². The summed E-state index contributed by atoms with van der Waals surface area (Å²) < 4.78 is 2.33. The summed E-state index contributed by atoms with van der Waals surface area (Å²) in [6, 6.07) is 14.4. The van der Waals surface area contributed by atoms with Crippen LogP contribution in [-0.4, -0.2) is 34.7 Å². The van der Waals surface area contributed by atoms with Crippen LogP contribution in [0, 0.1) is 0 Å². The summed E-state index contributed by atoms with van der Waals surface area (Å²) in [5.41, 5.74) is 2.46. The molecule has 3 aromatic rings. The number of carbonyl (C=O) groups excluding carboxylic acids is 2. The van der Waals surface area contributed by atoms with E-state index in [1.165, 1.54) is 48.0 Å². The highest BCUT2D eigenvalue weighted by Gasteiger charge is 2.20. The lowest BCUT2D eigenvalue weighted by atomic mass is 10.1. The van der Waals surface area contributed by atoms with Crippen LogP contribution in [0.2, 0.25) is 0 Å². The fraction of sp³-hybridized carbons (Fsp3) is 0.462. The number of hydrogen-bond acceptors (Lipinski definition) is 3. The molecule has 2 amide bonds. The maximum absolute atomic E-state index is 12.7. The number of hydrogen-bond donors (Lipinski definition) is 2. The van der Waals surface area contributed by atoms with Crippen molar-refractivity contribution in [2.24, 2.45) is 0 Å². The van der Waals surface area contributed by atoms with Gasteiger partial charge in [-0.2, -0.15) is 0 Å². The predicted molar refractivity (Wildman–Crippen MR) is 135 cm³/mol. The molecule has 5 nitrogen and oxygen atoms in total. The summed E-state index contributed by atoms with van der Waals surface area (Å²) in [6.07, 6.45) is 5.75. The molecule has 1 atom stereocenters. The van der Waals surface area contributed by atoms with Crippen molar-refractivity contribution < 1.29 is 9.59 Å². The number of amides is 2. The van der Waals surface area contributed by atoms with Crippen LogP contribution in [0.25, 0.3) is 21.8 Å². The highest BCUT2D eigenvalue weighted by atomic mass is 32.2. The number of fused-ring (bicyclic) bond motifs is 3. The van der Waals surface area contributed by atoms with Crippen LogP contribution < -0.4 is 10.6 Å². The van der Waals surface area contributed by atoms with Gasteiger partial charge in [0.05, 0.1) is 0 Å². The first-order chi connectivity index (χ1) is 15.5. The average molecular weight is 454 g/mol. The number of aryl methyl sites for hydroxylation is 1. The minimum atomic E-state index is -0.541. The summed E-state index contributed by atoms with van der Waals surface area (Å²) in [5, 5.41) is 8.27. The maximum atomic E-state index is 12.7. The van der Waals surface area contributed by atoms with Gasteiger partial charge in [-0.15, -0.1) is 11.8 Å². The third-order valence-electron chi connectivity index (χ3n) is 5.75. The lowest BCUT2D eigenvalue weighted by Gasteiger charge is -2.17. The Hall–Kier alpha value is -2.47. The molecule has 0 saturated heterocycles. The minimum Gasteiger partial charge on any atom is -0.354 e. The van der Waals surface area contributed by atoms with E-state index in [4.69, 9.17) is 0 Å². The molecule has 0 aliphatic heterocycles. The Bertz CT molecular complexity index is 1060. The molecule has 2 N–H and O–H groups in total. The zero-order valence-corrected chi connectivity index (χ0v) is 20.3. The number of unbranched alkanes of at least 4 members (excludes halogenated alkanes) is 4. The second-order valence-electron chi connectivity index (χ2n) is 8.21. The van der Waals surface area contributed by atoms with E-state index in [0.717, 1.165) is 24.3 Å². The van der Waals surface area contributed by atoms with Gasteiger partial charge in [0, 0.05) is 52.5 Å². The average Bonchev–Trinajstić information content (AvgIpc) is 3.11. The topological polar surface area (TPSA) is 63.1 Å². The number of thioether (sulfide) groups is 1. The third-order valence-corrected chi connectivity index (χ3v) is 6.84. The number of nitrogens with zero attached hydrogens (tertiary/aromatic N) is 1. The monoisotopic (exact) mass is 453 g/mol. The Kier molecular flexibility index (Phi) is 9.03. The number of aromatic nitrogens is 1. The molecule has 0 spiro atoms. The fourth-order valence-electron chi connectivity index (χ4n) is 4.13. The summed E-state index contributed by atoms with van der Waals surface area (Å²) in [4.78, 5) is 25.4. The van der Waals surface area contributed by atoms with Gasteiger partial charge in [0.2, 0.25) is 11.8 Å². The largest absolute Gasteiger partial charge is 0.354 e. The van der Waals surface area contributed by atoms with Crippen LogP contribution in [0.15, 0.2) is 47.4 Å². The number of carbonyl (C=O) groups is 2. The summed E-state index contributed by atoms with van der Waals surface area (Å²) in [7, 11) is 0. The third kappa shape index (κ3) is 6.06. The van der Waals surface area contributed by atoms with Crippen molar-refractivity contribution in [3.8, 4) is 0 Å². The Morgan fingerprint density at radius 1 is 0.969 bits per heavy atom. The first kappa shape index (κ1) is 24.2. The number of benzene rings is 2. The predicted octanol–water partition coefficient (Wildman–Crippen LogP) is 5.50. The van der Waals surface area contributed by atoms with Crippen molar-refractivity contribution >= 4 is 45.4 Å². The van der Waals surface area contributed by atoms with Crippen molar-refractivity contribution in [2.75, 3.05) is 12.3 Å². The molecule has 0 bridgehead atoms. The quantitative estimate of drug-likeness (QED) is 0.281. The minimum absolute atomic E-state index is 0.105. The van der Waals surface area contributed by atoms with Gasteiger partial charge in [0.1, 0.15) is 6.04 Å². The van der Waals surface area contributed by atoms with Crippen LogP contribution >= 0.6 is 11.8 Å². The Labute approximate surface area is 195 Å². The van der Waals surface area contributed by atoms with Crippen LogP contribution in [0.1, 0.15) is 52.9 Å². The van der Waals surface area contributed by atoms with E-state index in [1.54, 1.807) is 11.8 Å². The Morgan fingerprint density at radius 2 is 1.72 bits per heavy atom. The summed E-state index contributed by atoms with van der Waals surface area (Å²) in [5.74, 6) is 0.209. The molecular formula is C26H35N3O2S. The van der Waals surface area contributed by atoms with Crippen LogP contribution in [0.3, 0.4) is 0 Å². The zero-order chi connectivity index (χ0) is 22.9. The van der Waals surface area contributed by atoms with Gasteiger partial charge in [0.25, 0.3) is 0 Å². The second-order valence-corrected chi connectivity index (χ2v) is 9.30. The standard InChI is InChI=1S/C26H35N3O2S/c1-4-6-7-8-11-16-27-26(31)23(28-19(3)30)18-32-20-14-15-25-22(17-20)21-12-9-10-13-24(21)29(25)5-2/h9-10,12-15,17,23H,4-8,11,16,18H2,1-3H3,(H,27,31)(H,28,30). The van der Waals surface area contributed by atoms with Crippen molar-refractivity contribution in [3.63, 3.8) is 0 Å². The Morgan fingerprint density at radius 3 is 2.47 bits per heavy atom. The van der Waals surface area contributed by atoms with E-state index in [2.05, 4.69) is 71.5 Å². The van der Waals surface area contributed by atoms with Gasteiger partial charge >= 0.3 is 0 Å². The molecule has 32 heavy (non-hydrogen) atoms. The van der Waals surface area contributed by atoms with Crippen molar-refractivity contribution in [2.45, 2.75) is 70.4 Å². The highest BCUT2D eigenvalue weighted by molar-refractivity contribution is 7.99. The molecule has 2 aromatic carbocycles. The van der Waals surface area contributed by atoms with Crippen LogP contribution in [-0.2, 0) is 16.1 Å². The van der Waals surface area contributed by atoms with Crippen LogP contribution in [0.4, 0.5) is 0 Å². The van der Waals surface area contributed by atoms with E-state index < -0.39 is 6.04 Å². The number of nitrogens with one attached hydrogen (secondary N) is 2.